The van der Waals surface area contributed by atoms with Crippen LogP contribution >= 0.6 is 23.4 Å². The first-order valence-electron chi connectivity index (χ1n) is 10.2. The maximum Gasteiger partial charge on any atom is 0.267 e. The van der Waals surface area contributed by atoms with Gasteiger partial charge in [-0.3, -0.25) is 14.0 Å². The summed E-state index contributed by atoms with van der Waals surface area (Å²) in [7, 11) is 0. The van der Waals surface area contributed by atoms with E-state index in [2.05, 4.69) is 15.5 Å². The number of hydrogen-bond acceptors (Lipinski definition) is 5. The van der Waals surface area contributed by atoms with Gasteiger partial charge in [0, 0.05) is 10.7 Å². The van der Waals surface area contributed by atoms with Gasteiger partial charge in [0.25, 0.3) is 5.56 Å². The second-order valence-electron chi connectivity index (χ2n) is 7.41. The van der Waals surface area contributed by atoms with Crippen LogP contribution in [0, 0.1) is 6.92 Å². The van der Waals surface area contributed by atoms with E-state index < -0.39 is 0 Å². The molecule has 9 heteroatoms. The van der Waals surface area contributed by atoms with Crippen LogP contribution in [0.25, 0.3) is 22.4 Å². The van der Waals surface area contributed by atoms with Crippen molar-refractivity contribution in [3.63, 3.8) is 0 Å². The average molecular weight is 476 g/mol. The van der Waals surface area contributed by atoms with Crippen molar-refractivity contribution in [1.82, 2.24) is 19.2 Å². The Balaban J connectivity index is 1.53. The Bertz CT molecular complexity index is 1560. The van der Waals surface area contributed by atoms with Crippen LogP contribution < -0.4 is 10.9 Å². The lowest BCUT2D eigenvalue weighted by Crippen LogP contribution is -2.22. The number of halogens is 1. The summed E-state index contributed by atoms with van der Waals surface area (Å²) in [4.78, 5) is 25.9. The molecular formula is C24H18ClN5O2S. The molecule has 1 N–H and O–H groups in total. The number of aryl methyl sites for hydroxylation is 1. The van der Waals surface area contributed by atoms with Crippen molar-refractivity contribution in [1.29, 1.82) is 0 Å². The molecule has 1 amide bonds. The molecular weight excluding hydrogens is 458 g/mol. The number of benzene rings is 3. The maximum absolute atomic E-state index is 13.3. The fraction of sp³-hybridized carbons (Fsp3) is 0.0833. The molecule has 0 saturated heterocycles. The van der Waals surface area contributed by atoms with Crippen LogP contribution in [0.5, 0.6) is 0 Å². The second-order valence-corrected chi connectivity index (χ2v) is 8.79. The van der Waals surface area contributed by atoms with Gasteiger partial charge in [0.1, 0.15) is 0 Å². The van der Waals surface area contributed by atoms with Crippen molar-refractivity contribution in [3.8, 4) is 5.69 Å². The number of anilines is 1. The highest BCUT2D eigenvalue weighted by Crippen LogP contribution is 2.24. The van der Waals surface area contributed by atoms with E-state index in [9.17, 15) is 9.59 Å². The number of carbonyl (C=O) groups is 1. The molecule has 5 rings (SSSR count). The first-order valence-corrected chi connectivity index (χ1v) is 11.5. The lowest BCUT2D eigenvalue weighted by atomic mass is 10.2. The minimum atomic E-state index is -0.192. The fourth-order valence-corrected chi connectivity index (χ4v) is 4.54. The zero-order valence-electron chi connectivity index (χ0n) is 17.5. The summed E-state index contributed by atoms with van der Waals surface area (Å²) in [6.07, 6.45) is 0. The summed E-state index contributed by atoms with van der Waals surface area (Å²) >= 11 is 7.30. The van der Waals surface area contributed by atoms with Crippen LogP contribution in [0.2, 0.25) is 5.02 Å². The second kappa shape index (κ2) is 8.73. The molecule has 0 bridgehead atoms. The lowest BCUT2D eigenvalue weighted by Gasteiger charge is -2.11. The minimum Gasteiger partial charge on any atom is -0.325 e. The lowest BCUT2D eigenvalue weighted by molar-refractivity contribution is -0.113. The molecule has 0 atom stereocenters. The van der Waals surface area contributed by atoms with Crippen molar-refractivity contribution < 1.29 is 4.79 Å². The monoisotopic (exact) mass is 475 g/mol. The average Bonchev–Trinajstić information content (AvgIpc) is 3.25. The molecule has 0 aliphatic heterocycles. The number of rotatable bonds is 5. The summed E-state index contributed by atoms with van der Waals surface area (Å²) in [6, 6.07) is 22.0. The number of thioether (sulfide) groups is 1. The van der Waals surface area contributed by atoms with E-state index in [4.69, 9.17) is 11.6 Å². The Morgan fingerprint density at radius 3 is 2.61 bits per heavy atom. The largest absolute Gasteiger partial charge is 0.325 e. The molecule has 0 aliphatic rings. The SMILES string of the molecule is Cc1ccc(Cl)cc1NC(=O)CSc1nnc2n(-c3ccccc3)c(=O)c3ccccc3n12. The third kappa shape index (κ3) is 3.99. The van der Waals surface area contributed by atoms with Crippen LogP contribution in [0.3, 0.4) is 0 Å². The van der Waals surface area contributed by atoms with Gasteiger partial charge in [-0.25, -0.2) is 4.57 Å². The number of hydrogen-bond donors (Lipinski definition) is 1. The predicted octanol–water partition coefficient (Wildman–Crippen LogP) is 4.73. The van der Waals surface area contributed by atoms with Gasteiger partial charge in [0.05, 0.1) is 22.3 Å². The summed E-state index contributed by atoms with van der Waals surface area (Å²) in [6.45, 7) is 1.90. The molecule has 2 aromatic heterocycles. The molecule has 0 saturated carbocycles. The van der Waals surface area contributed by atoms with Crippen LogP contribution in [0.15, 0.2) is 82.7 Å². The third-order valence-corrected chi connectivity index (χ3v) is 6.38. The summed E-state index contributed by atoms with van der Waals surface area (Å²) in [5.74, 6) is 0.312. The van der Waals surface area contributed by atoms with Crippen LogP contribution in [0.1, 0.15) is 5.56 Å². The van der Waals surface area contributed by atoms with Crippen LogP contribution in [0.4, 0.5) is 5.69 Å². The summed E-state index contributed by atoms with van der Waals surface area (Å²) < 4.78 is 3.35. The standard InChI is InChI=1S/C24H18ClN5O2S/c1-15-11-12-16(25)13-19(15)26-21(31)14-33-24-28-27-23-29(17-7-3-2-4-8-17)22(32)18-9-5-6-10-20(18)30(23)24/h2-13H,14H2,1H3,(H,26,31). The Morgan fingerprint density at radius 2 is 1.79 bits per heavy atom. The Kier molecular flexibility index (Phi) is 5.62. The van der Waals surface area contributed by atoms with Crippen molar-refractivity contribution in [2.75, 3.05) is 11.1 Å². The highest BCUT2D eigenvalue weighted by Gasteiger charge is 2.18. The molecule has 5 aromatic rings. The van der Waals surface area contributed by atoms with Crippen molar-refractivity contribution in [2.45, 2.75) is 12.1 Å². The number of carbonyl (C=O) groups excluding carboxylic acids is 1. The first-order chi connectivity index (χ1) is 16.0. The van der Waals surface area contributed by atoms with E-state index >= 15 is 0 Å². The number of nitrogens with one attached hydrogen (secondary N) is 1. The normalized spacial score (nSPS) is 11.2. The van der Waals surface area contributed by atoms with E-state index in [-0.39, 0.29) is 17.2 Å². The molecule has 0 unspecified atom stereocenters. The van der Waals surface area contributed by atoms with Gasteiger partial charge in [-0.15, -0.1) is 10.2 Å². The van der Waals surface area contributed by atoms with Gasteiger partial charge in [-0.2, -0.15) is 0 Å². The number of amides is 1. The van der Waals surface area contributed by atoms with Gasteiger partial charge >= 0.3 is 0 Å². The number of nitrogens with zero attached hydrogens (tertiary/aromatic N) is 4. The van der Waals surface area contributed by atoms with E-state index in [1.165, 1.54) is 16.3 Å². The molecule has 0 fully saturated rings. The van der Waals surface area contributed by atoms with Gasteiger partial charge in [0.2, 0.25) is 11.7 Å². The summed E-state index contributed by atoms with van der Waals surface area (Å²) in [5.41, 5.74) is 2.79. The van der Waals surface area contributed by atoms with Crippen molar-refractivity contribution in [2.24, 2.45) is 0 Å². The minimum absolute atomic E-state index is 0.117. The molecule has 7 nitrogen and oxygen atoms in total. The van der Waals surface area contributed by atoms with E-state index in [0.29, 0.717) is 38.2 Å². The third-order valence-electron chi connectivity index (χ3n) is 5.22. The van der Waals surface area contributed by atoms with Crippen LogP contribution in [-0.2, 0) is 4.79 Å². The Morgan fingerprint density at radius 1 is 1.03 bits per heavy atom. The first kappa shape index (κ1) is 21.2. The highest BCUT2D eigenvalue weighted by molar-refractivity contribution is 7.99. The molecule has 164 valence electrons. The zero-order valence-corrected chi connectivity index (χ0v) is 19.1. The topological polar surface area (TPSA) is 81.3 Å². The molecule has 3 aromatic carbocycles. The molecule has 33 heavy (non-hydrogen) atoms. The van der Waals surface area contributed by atoms with E-state index in [1.54, 1.807) is 18.2 Å². The van der Waals surface area contributed by atoms with Crippen LogP contribution in [-0.4, -0.2) is 30.8 Å². The zero-order chi connectivity index (χ0) is 22.9. The molecule has 0 aliphatic carbocycles. The number of aromatic nitrogens is 4. The number of fused-ring (bicyclic) bond motifs is 3. The Hall–Kier alpha value is -3.62. The fourth-order valence-electron chi connectivity index (χ4n) is 3.63. The maximum atomic E-state index is 13.3. The van der Waals surface area contributed by atoms with Gasteiger partial charge in [0.15, 0.2) is 5.16 Å². The predicted molar refractivity (Wildman–Crippen MR) is 132 cm³/mol. The van der Waals surface area contributed by atoms with Gasteiger partial charge < -0.3 is 5.32 Å². The van der Waals surface area contributed by atoms with Gasteiger partial charge in [-0.1, -0.05) is 59.8 Å². The van der Waals surface area contributed by atoms with E-state index in [1.807, 2.05) is 65.9 Å². The van der Waals surface area contributed by atoms with Crippen molar-refractivity contribution >= 4 is 51.6 Å². The van der Waals surface area contributed by atoms with Crippen molar-refractivity contribution in [3.05, 3.63) is 93.7 Å². The molecule has 0 spiro atoms. The quantitative estimate of drug-likeness (QED) is 0.372. The smallest absolute Gasteiger partial charge is 0.267 e. The Labute approximate surface area is 198 Å². The molecule has 0 radical (unpaired) electrons. The summed E-state index contributed by atoms with van der Waals surface area (Å²) in [5, 5.41) is 13.1. The van der Waals surface area contributed by atoms with E-state index in [0.717, 1.165) is 5.56 Å². The van der Waals surface area contributed by atoms with Gasteiger partial charge in [-0.05, 0) is 48.9 Å². The highest BCUT2D eigenvalue weighted by atomic mass is 35.5. The molecule has 2 heterocycles. The number of para-hydroxylation sites is 2.